The molecule has 8 heavy (non-hydrogen) atoms. The van der Waals surface area contributed by atoms with Crippen molar-refractivity contribution in [2.75, 3.05) is 19.6 Å². The van der Waals surface area contributed by atoms with Gasteiger partial charge in [-0.15, -0.1) is 0 Å². The van der Waals surface area contributed by atoms with Crippen molar-refractivity contribution in [3.8, 4) is 0 Å². The fraction of sp³-hybridized carbons (Fsp3) is 0.750. The summed E-state index contributed by atoms with van der Waals surface area (Å²) in [4.78, 5) is 0. The third-order valence-electron chi connectivity index (χ3n) is 1.06. The molecule has 0 saturated carbocycles. The van der Waals surface area contributed by atoms with Crippen LogP contribution < -0.4 is 0 Å². The summed E-state index contributed by atoms with van der Waals surface area (Å²) in [5.74, 6) is 0. The molecule has 0 radical (unpaired) electrons. The Morgan fingerprint density at radius 1 is 1.62 bits per heavy atom. The Hall–Kier alpha value is -0.610. The average Bonchev–Trinajstić information content (AvgIpc) is 1.77. The Kier molecular flexibility index (Phi) is 1.45. The quantitative estimate of drug-likeness (QED) is 0.312. The molecule has 0 N–H and O–H groups in total. The van der Waals surface area contributed by atoms with E-state index in [0.29, 0.717) is 13.1 Å². The Morgan fingerprint density at radius 3 is 2.75 bits per heavy atom. The van der Waals surface area contributed by atoms with E-state index in [2.05, 4.69) is 0 Å². The van der Waals surface area contributed by atoms with Gasteiger partial charge in [0.1, 0.15) is 0 Å². The molecule has 1 rings (SSSR count). The van der Waals surface area contributed by atoms with Gasteiger partial charge in [0.2, 0.25) is 0 Å². The highest BCUT2D eigenvalue weighted by Crippen LogP contribution is 1.86. The third-order valence-corrected chi connectivity index (χ3v) is 1.06. The van der Waals surface area contributed by atoms with Crippen molar-refractivity contribution in [1.82, 2.24) is 5.06 Å². The van der Waals surface area contributed by atoms with Crippen LogP contribution in [0.25, 0.3) is 0 Å². The molecule has 0 unspecified atom stereocenters. The molecule has 46 valence electrons. The molecule has 0 spiro atoms. The molecule has 0 aromatic rings. The van der Waals surface area contributed by atoms with Gasteiger partial charge in [0.05, 0.1) is 6.54 Å². The second kappa shape index (κ2) is 2.11. The maximum absolute atomic E-state index is 10.3. The molecule has 4 nitrogen and oxygen atoms in total. The van der Waals surface area contributed by atoms with Crippen LogP contribution in [-0.4, -0.2) is 35.7 Å². The van der Waals surface area contributed by atoms with Gasteiger partial charge >= 0.3 is 0 Å². The van der Waals surface area contributed by atoms with Crippen molar-refractivity contribution in [1.29, 1.82) is 0 Å². The monoisotopic (exact) mass is 115 g/mol. The summed E-state index contributed by atoms with van der Waals surface area (Å²) >= 11 is 0. The molecule has 0 fully saturated rings. The molecule has 1 heterocycles. The molecule has 0 atom stereocenters. The van der Waals surface area contributed by atoms with Gasteiger partial charge in [-0.25, -0.2) is 4.74 Å². The predicted octanol–water partition coefficient (Wildman–Crippen LogP) is -0.619. The highest BCUT2D eigenvalue weighted by molar-refractivity contribution is 5.54. The van der Waals surface area contributed by atoms with E-state index in [1.807, 2.05) is 0 Å². The number of hydrogen-bond donors (Lipinski definition) is 0. The standard InChI is InChI=1S/C4H7N2O2/c7-5-1-2-6(8)4-3-5/h1H,2-4H2/q-1. The highest BCUT2D eigenvalue weighted by Gasteiger charge is 2.01. The van der Waals surface area contributed by atoms with Gasteiger partial charge < -0.3 is 15.5 Å². The molecular formula is C4H7N2O2-. The van der Waals surface area contributed by atoms with Gasteiger partial charge in [-0.1, -0.05) is 0 Å². The number of nitrogens with zero attached hydrogens (tertiary/aromatic N) is 2. The molecule has 0 saturated heterocycles. The molecule has 0 bridgehead atoms. The molecule has 0 aromatic carbocycles. The summed E-state index contributed by atoms with van der Waals surface area (Å²) in [5.41, 5.74) is 0. The lowest BCUT2D eigenvalue weighted by molar-refractivity contribution is -0.459. The lowest BCUT2D eigenvalue weighted by Gasteiger charge is -2.27. The molecule has 0 aliphatic carbocycles. The van der Waals surface area contributed by atoms with Gasteiger partial charge in [0, 0.05) is 6.54 Å². The van der Waals surface area contributed by atoms with Crippen LogP contribution in [0.3, 0.4) is 0 Å². The van der Waals surface area contributed by atoms with Crippen LogP contribution in [-0.2, 0) is 0 Å². The summed E-state index contributed by atoms with van der Waals surface area (Å²) < 4.78 is 0.786. The van der Waals surface area contributed by atoms with Crippen molar-refractivity contribution in [2.24, 2.45) is 0 Å². The summed E-state index contributed by atoms with van der Waals surface area (Å²) in [6, 6.07) is 0. The first-order valence-electron chi connectivity index (χ1n) is 2.48. The van der Waals surface area contributed by atoms with Crippen molar-refractivity contribution >= 4 is 6.21 Å². The van der Waals surface area contributed by atoms with E-state index in [0.717, 1.165) is 9.80 Å². The van der Waals surface area contributed by atoms with Crippen molar-refractivity contribution in [3.63, 3.8) is 0 Å². The fourth-order valence-corrected chi connectivity index (χ4v) is 0.575. The molecule has 4 heteroatoms. The van der Waals surface area contributed by atoms with Gasteiger partial charge in [-0.05, 0) is 0 Å². The van der Waals surface area contributed by atoms with Crippen molar-refractivity contribution in [3.05, 3.63) is 10.4 Å². The largest absolute Gasteiger partial charge is 0.785 e. The summed E-state index contributed by atoms with van der Waals surface area (Å²) in [7, 11) is 0. The minimum Gasteiger partial charge on any atom is -0.785 e. The summed E-state index contributed by atoms with van der Waals surface area (Å²) in [6.45, 7) is 0.882. The number of hydroxylamine groups is 3. The maximum atomic E-state index is 10.3. The van der Waals surface area contributed by atoms with Gasteiger partial charge in [0.15, 0.2) is 12.8 Å². The van der Waals surface area contributed by atoms with E-state index in [1.165, 1.54) is 6.21 Å². The molecule has 0 aromatic heterocycles. The Morgan fingerprint density at radius 2 is 2.38 bits per heavy atom. The summed E-state index contributed by atoms with van der Waals surface area (Å²) in [5, 5.41) is 21.5. The van der Waals surface area contributed by atoms with Crippen LogP contribution in [0.15, 0.2) is 0 Å². The van der Waals surface area contributed by atoms with Crippen LogP contribution in [0.2, 0.25) is 0 Å². The molecule has 0 amide bonds. The van der Waals surface area contributed by atoms with E-state index in [9.17, 15) is 10.4 Å². The topological polar surface area (TPSA) is 52.4 Å². The van der Waals surface area contributed by atoms with Gasteiger partial charge in [0.25, 0.3) is 0 Å². The average molecular weight is 115 g/mol. The lowest BCUT2D eigenvalue weighted by Crippen LogP contribution is -2.33. The van der Waals surface area contributed by atoms with Crippen molar-refractivity contribution in [2.45, 2.75) is 0 Å². The zero-order valence-corrected chi connectivity index (χ0v) is 4.41. The zero-order valence-electron chi connectivity index (χ0n) is 4.41. The normalized spacial score (nSPS) is 22.9. The van der Waals surface area contributed by atoms with Crippen LogP contribution in [0.5, 0.6) is 0 Å². The van der Waals surface area contributed by atoms with Crippen LogP contribution in [0.1, 0.15) is 0 Å². The SMILES string of the molecule is [O-]N1CC=[N+]([O-])CC1. The number of rotatable bonds is 0. The Bertz CT molecular complexity index is 113. The zero-order chi connectivity index (χ0) is 5.98. The van der Waals surface area contributed by atoms with Gasteiger partial charge in [-0.2, -0.15) is 0 Å². The smallest absolute Gasteiger partial charge is 0.164 e. The molecule has 1 aliphatic rings. The predicted molar refractivity (Wildman–Crippen MR) is 29.5 cm³/mol. The van der Waals surface area contributed by atoms with E-state index in [1.54, 1.807) is 0 Å². The number of hydrogen-bond acceptors (Lipinski definition) is 3. The maximum Gasteiger partial charge on any atom is 0.164 e. The minimum absolute atomic E-state index is 0.240. The van der Waals surface area contributed by atoms with Crippen LogP contribution in [0.4, 0.5) is 0 Å². The van der Waals surface area contributed by atoms with Crippen LogP contribution in [0, 0.1) is 10.4 Å². The third kappa shape index (κ3) is 1.18. The Labute approximate surface area is 47.2 Å². The lowest BCUT2D eigenvalue weighted by atomic mass is 10.5. The van der Waals surface area contributed by atoms with Crippen LogP contribution >= 0.6 is 0 Å². The van der Waals surface area contributed by atoms with E-state index < -0.39 is 0 Å². The summed E-state index contributed by atoms with van der Waals surface area (Å²) in [6.07, 6.45) is 1.34. The van der Waals surface area contributed by atoms with Gasteiger partial charge in [-0.3, -0.25) is 0 Å². The van der Waals surface area contributed by atoms with Crippen molar-refractivity contribution < 1.29 is 4.74 Å². The van der Waals surface area contributed by atoms with E-state index in [4.69, 9.17) is 0 Å². The fourth-order valence-electron chi connectivity index (χ4n) is 0.575. The first-order chi connectivity index (χ1) is 3.79. The molecule has 1 aliphatic heterocycles. The first-order valence-corrected chi connectivity index (χ1v) is 2.48. The first kappa shape index (κ1) is 5.53. The second-order valence-electron chi connectivity index (χ2n) is 1.71. The molecular weight excluding hydrogens is 108 g/mol. The van der Waals surface area contributed by atoms with E-state index >= 15 is 0 Å². The Balaban J connectivity index is 2.42. The highest BCUT2D eigenvalue weighted by atomic mass is 16.5. The van der Waals surface area contributed by atoms with E-state index in [-0.39, 0.29) is 6.54 Å². The second-order valence-corrected chi connectivity index (χ2v) is 1.71. The minimum atomic E-state index is 0.240.